The van der Waals surface area contributed by atoms with Crippen molar-refractivity contribution in [3.63, 3.8) is 0 Å². The molecule has 2 aromatic rings. The van der Waals surface area contributed by atoms with E-state index in [0.717, 1.165) is 50.3 Å². The zero-order chi connectivity index (χ0) is 28.8. The van der Waals surface area contributed by atoms with E-state index in [0.29, 0.717) is 42.5 Å². The molecule has 2 aliphatic rings. The number of carbonyl (C=O) groups is 3. The maximum absolute atomic E-state index is 13.7. The Bertz CT molecular complexity index is 1200. The molecule has 0 bridgehead atoms. The van der Waals surface area contributed by atoms with Gasteiger partial charge in [0.15, 0.2) is 0 Å². The van der Waals surface area contributed by atoms with E-state index in [1.807, 2.05) is 11.0 Å². The molecule has 0 saturated carbocycles. The van der Waals surface area contributed by atoms with Crippen molar-refractivity contribution in [3.8, 4) is 0 Å². The smallest absolute Gasteiger partial charge is 0.230 e. The van der Waals surface area contributed by atoms with Crippen LogP contribution in [0.2, 0.25) is 10.0 Å². The van der Waals surface area contributed by atoms with Crippen molar-refractivity contribution in [2.75, 3.05) is 49.1 Å². The van der Waals surface area contributed by atoms with Gasteiger partial charge in [0, 0.05) is 69.9 Å². The topological polar surface area (TPSA) is 64.2 Å². The number of hydrogen-bond donors (Lipinski definition) is 0. The van der Waals surface area contributed by atoms with Crippen molar-refractivity contribution in [1.82, 2.24) is 9.80 Å². The fourth-order valence-corrected chi connectivity index (χ4v) is 6.08. The Morgan fingerprint density at radius 2 is 1.50 bits per heavy atom. The van der Waals surface area contributed by atoms with Crippen LogP contribution in [-0.4, -0.2) is 72.8 Å². The van der Waals surface area contributed by atoms with Crippen LogP contribution < -0.4 is 9.80 Å². The summed E-state index contributed by atoms with van der Waals surface area (Å²) < 4.78 is 13.4. The quantitative estimate of drug-likeness (QED) is 0.399. The minimum absolute atomic E-state index is 0.0418. The molecule has 0 N–H and O–H groups in total. The molecule has 216 valence electrons. The summed E-state index contributed by atoms with van der Waals surface area (Å²) >= 11 is 12.4. The van der Waals surface area contributed by atoms with Crippen LogP contribution in [0.25, 0.3) is 0 Å². The molecule has 2 aliphatic heterocycles. The molecule has 0 aliphatic carbocycles. The van der Waals surface area contributed by atoms with Gasteiger partial charge in [-0.25, -0.2) is 4.39 Å². The molecular weight excluding hydrogens is 554 g/mol. The normalized spacial score (nSPS) is 17.1. The second-order valence-electron chi connectivity index (χ2n) is 10.7. The van der Waals surface area contributed by atoms with E-state index in [-0.39, 0.29) is 35.5 Å². The summed E-state index contributed by atoms with van der Waals surface area (Å²) in [5.41, 5.74) is 1.45. The summed E-state index contributed by atoms with van der Waals surface area (Å²) in [6.07, 6.45) is 3.70. The predicted octanol–water partition coefficient (Wildman–Crippen LogP) is 5.63. The first-order chi connectivity index (χ1) is 19.1. The van der Waals surface area contributed by atoms with Crippen molar-refractivity contribution in [3.05, 3.63) is 58.3 Å². The lowest BCUT2D eigenvalue weighted by Crippen LogP contribution is -2.48. The number of anilines is 2. The van der Waals surface area contributed by atoms with Gasteiger partial charge in [-0.2, -0.15) is 0 Å². The van der Waals surface area contributed by atoms with Gasteiger partial charge >= 0.3 is 0 Å². The summed E-state index contributed by atoms with van der Waals surface area (Å²) in [5, 5.41) is 0.845. The Hall–Kier alpha value is -2.68. The van der Waals surface area contributed by atoms with Crippen LogP contribution in [-0.2, 0) is 14.4 Å². The standard InChI is InChI=1S/C30H37Cl2FN4O3/c1-21(38)35-18-10-23(11-19-35)30(40)36(27-8-9-28(31)29(32)20-27)15-3-14-34-16-12-26(13-17-34)37(22(2)39)25-6-4-24(33)5-7-25/h4-9,20,23,26H,3,10-19H2,1-2H3. The van der Waals surface area contributed by atoms with Crippen LogP contribution in [0.3, 0.4) is 0 Å². The molecule has 4 rings (SSSR count). The number of amides is 3. The number of nitrogens with zero attached hydrogens (tertiary/aromatic N) is 4. The molecule has 2 fully saturated rings. The lowest BCUT2D eigenvalue weighted by atomic mass is 9.94. The third-order valence-corrected chi connectivity index (χ3v) is 8.73. The number of hydrogen-bond acceptors (Lipinski definition) is 4. The van der Waals surface area contributed by atoms with Gasteiger partial charge in [0.1, 0.15) is 5.82 Å². The van der Waals surface area contributed by atoms with Gasteiger partial charge in [-0.3, -0.25) is 14.4 Å². The van der Waals surface area contributed by atoms with Crippen molar-refractivity contribution in [1.29, 1.82) is 0 Å². The van der Waals surface area contributed by atoms with Crippen LogP contribution >= 0.6 is 23.2 Å². The highest BCUT2D eigenvalue weighted by Gasteiger charge is 2.31. The Morgan fingerprint density at radius 3 is 2.08 bits per heavy atom. The molecule has 3 amide bonds. The molecule has 7 nitrogen and oxygen atoms in total. The first-order valence-corrected chi connectivity index (χ1v) is 14.7. The average molecular weight is 592 g/mol. The van der Waals surface area contributed by atoms with E-state index in [4.69, 9.17) is 23.2 Å². The third kappa shape index (κ3) is 7.53. The van der Waals surface area contributed by atoms with Gasteiger partial charge in [-0.1, -0.05) is 23.2 Å². The van der Waals surface area contributed by atoms with Crippen LogP contribution in [0, 0.1) is 11.7 Å². The summed E-state index contributed by atoms with van der Waals surface area (Å²) in [4.78, 5) is 45.6. The van der Waals surface area contributed by atoms with Crippen LogP contribution in [0.5, 0.6) is 0 Å². The Labute approximate surface area is 245 Å². The highest BCUT2D eigenvalue weighted by molar-refractivity contribution is 6.42. The van der Waals surface area contributed by atoms with Crippen LogP contribution in [0.15, 0.2) is 42.5 Å². The highest BCUT2D eigenvalue weighted by atomic mass is 35.5. The van der Waals surface area contributed by atoms with Crippen molar-refractivity contribution in [2.45, 2.75) is 52.0 Å². The number of likely N-dealkylation sites (tertiary alicyclic amines) is 2. The average Bonchev–Trinajstić information content (AvgIpc) is 2.94. The van der Waals surface area contributed by atoms with Crippen LogP contribution in [0.4, 0.5) is 15.8 Å². The predicted molar refractivity (Wildman–Crippen MR) is 157 cm³/mol. The van der Waals surface area contributed by atoms with Gasteiger partial charge in [0.2, 0.25) is 17.7 Å². The third-order valence-electron chi connectivity index (χ3n) is 7.99. The highest BCUT2D eigenvalue weighted by Crippen LogP contribution is 2.30. The monoisotopic (exact) mass is 590 g/mol. The van der Waals surface area contributed by atoms with Gasteiger partial charge in [0.25, 0.3) is 0 Å². The summed E-state index contributed by atoms with van der Waals surface area (Å²) in [5.74, 6) is -0.423. The van der Waals surface area contributed by atoms with Gasteiger partial charge in [0.05, 0.1) is 10.0 Å². The van der Waals surface area contributed by atoms with E-state index < -0.39 is 0 Å². The maximum Gasteiger partial charge on any atom is 0.230 e. The second kappa shape index (κ2) is 13.8. The van der Waals surface area contributed by atoms with E-state index in [9.17, 15) is 18.8 Å². The van der Waals surface area contributed by atoms with Gasteiger partial charge < -0.3 is 19.6 Å². The Kier molecular flexibility index (Phi) is 10.4. The molecule has 0 unspecified atom stereocenters. The lowest BCUT2D eigenvalue weighted by Gasteiger charge is -2.38. The van der Waals surface area contributed by atoms with Crippen LogP contribution in [0.1, 0.15) is 46.0 Å². The number of rotatable bonds is 8. The molecular formula is C30H37Cl2FN4O3. The minimum atomic E-state index is -0.322. The Balaban J connectivity index is 1.35. The molecule has 2 heterocycles. The van der Waals surface area contributed by atoms with Gasteiger partial charge in [-0.05, 0) is 81.1 Å². The van der Waals surface area contributed by atoms with E-state index in [2.05, 4.69) is 4.90 Å². The zero-order valence-corrected chi connectivity index (χ0v) is 24.6. The SMILES string of the molecule is CC(=O)N1CCC(C(=O)N(CCCN2CCC(N(C(C)=O)c3ccc(F)cc3)CC2)c2ccc(Cl)c(Cl)c2)CC1. The largest absolute Gasteiger partial charge is 0.343 e. The molecule has 2 aromatic carbocycles. The number of benzene rings is 2. The molecule has 10 heteroatoms. The van der Waals surface area contributed by atoms with E-state index in [1.165, 1.54) is 12.1 Å². The zero-order valence-electron chi connectivity index (χ0n) is 23.1. The van der Waals surface area contributed by atoms with Crippen molar-refractivity contribution in [2.24, 2.45) is 5.92 Å². The van der Waals surface area contributed by atoms with Gasteiger partial charge in [-0.15, -0.1) is 0 Å². The summed E-state index contributed by atoms with van der Waals surface area (Å²) in [7, 11) is 0. The number of piperidine rings is 2. The van der Waals surface area contributed by atoms with Crippen molar-refractivity contribution >= 4 is 52.3 Å². The van der Waals surface area contributed by atoms with E-state index >= 15 is 0 Å². The molecule has 0 aromatic heterocycles. The number of halogens is 3. The molecule has 0 radical (unpaired) electrons. The fourth-order valence-electron chi connectivity index (χ4n) is 5.79. The second-order valence-corrected chi connectivity index (χ2v) is 11.5. The lowest BCUT2D eigenvalue weighted by molar-refractivity contribution is -0.133. The Morgan fingerprint density at radius 1 is 0.875 bits per heavy atom. The first kappa shape index (κ1) is 30.3. The maximum atomic E-state index is 13.7. The molecule has 0 spiro atoms. The fraction of sp³-hybridized carbons (Fsp3) is 0.500. The van der Waals surface area contributed by atoms with E-state index in [1.54, 1.807) is 47.9 Å². The summed E-state index contributed by atoms with van der Waals surface area (Å²) in [6, 6.07) is 11.4. The van der Waals surface area contributed by atoms with Crippen molar-refractivity contribution < 1.29 is 18.8 Å². The minimum Gasteiger partial charge on any atom is -0.343 e. The molecule has 0 atom stereocenters. The first-order valence-electron chi connectivity index (χ1n) is 13.9. The number of carbonyl (C=O) groups excluding carboxylic acids is 3. The molecule has 2 saturated heterocycles. The summed E-state index contributed by atoms with van der Waals surface area (Å²) in [6.45, 7) is 7.31. The molecule has 40 heavy (non-hydrogen) atoms.